The fourth-order valence-electron chi connectivity index (χ4n) is 1.30. The average Bonchev–Trinajstić information content (AvgIpc) is 2.58. The number of hydrogen-bond donors (Lipinski definition) is 2. The molecule has 1 N–H and O–H groups in total. The molecule has 2 aromatic rings. The summed E-state index contributed by atoms with van der Waals surface area (Å²) >= 11 is 5.74. The summed E-state index contributed by atoms with van der Waals surface area (Å²) < 4.78 is 1.05. The largest absolute Gasteiger partial charge is 0.391 e. The van der Waals surface area contributed by atoms with Gasteiger partial charge in [0, 0.05) is 14.5 Å². The molecule has 2 nitrogen and oxygen atoms in total. The van der Waals surface area contributed by atoms with Crippen LogP contribution in [0.2, 0.25) is 0 Å². The molecule has 14 heavy (non-hydrogen) atoms. The van der Waals surface area contributed by atoms with Crippen molar-refractivity contribution in [3.05, 3.63) is 28.6 Å². The fourth-order valence-corrected chi connectivity index (χ4v) is 2.58. The Kier molecular flexibility index (Phi) is 2.46. The number of fused-ring (bicyclic) bond motifs is 1. The van der Waals surface area contributed by atoms with E-state index in [0.717, 1.165) is 15.0 Å². The number of thiol groups is 1. The van der Waals surface area contributed by atoms with Crippen molar-refractivity contribution in [1.29, 1.82) is 5.26 Å². The van der Waals surface area contributed by atoms with Crippen LogP contribution < -0.4 is 0 Å². The molecule has 0 amide bonds. The molecule has 0 spiro atoms. The molecule has 1 aromatic carbocycles. The standard InChI is InChI=1S/C10H7NOS2/c11-4-7-1-6-2-8(5-12)14-10(6)3-9(7)13/h1-3,12-13H,5H2. The summed E-state index contributed by atoms with van der Waals surface area (Å²) in [4.78, 5) is 1.59. The number of aliphatic hydroxyl groups is 1. The molecular weight excluding hydrogens is 214 g/mol. The van der Waals surface area contributed by atoms with Crippen molar-refractivity contribution >= 4 is 34.1 Å². The Morgan fingerprint density at radius 3 is 2.86 bits per heavy atom. The van der Waals surface area contributed by atoms with Crippen LogP contribution in [-0.4, -0.2) is 5.11 Å². The van der Waals surface area contributed by atoms with E-state index in [0.29, 0.717) is 10.5 Å². The van der Waals surface area contributed by atoms with E-state index in [1.54, 1.807) is 6.07 Å². The molecule has 70 valence electrons. The molecule has 4 heteroatoms. The summed E-state index contributed by atoms with van der Waals surface area (Å²) in [5.74, 6) is 0. The second-order valence-corrected chi connectivity index (χ2v) is 4.54. The Bertz CT molecular complexity index is 525. The van der Waals surface area contributed by atoms with E-state index in [9.17, 15) is 0 Å². The number of rotatable bonds is 1. The summed E-state index contributed by atoms with van der Waals surface area (Å²) in [5, 5.41) is 18.8. The van der Waals surface area contributed by atoms with Crippen LogP contribution >= 0.6 is 24.0 Å². The smallest absolute Gasteiger partial charge is 0.100 e. The highest BCUT2D eigenvalue weighted by Crippen LogP contribution is 2.29. The lowest BCUT2D eigenvalue weighted by Crippen LogP contribution is -1.76. The zero-order valence-electron chi connectivity index (χ0n) is 7.19. The third-order valence-electron chi connectivity index (χ3n) is 1.96. The van der Waals surface area contributed by atoms with Crippen LogP contribution in [0.5, 0.6) is 0 Å². The lowest BCUT2D eigenvalue weighted by atomic mass is 10.2. The van der Waals surface area contributed by atoms with E-state index in [1.807, 2.05) is 12.1 Å². The van der Waals surface area contributed by atoms with Gasteiger partial charge >= 0.3 is 0 Å². The van der Waals surface area contributed by atoms with E-state index in [2.05, 4.69) is 18.7 Å². The number of nitrogens with zero attached hydrogens (tertiary/aromatic N) is 1. The third-order valence-corrected chi connectivity index (χ3v) is 3.41. The van der Waals surface area contributed by atoms with Crippen molar-refractivity contribution in [3.63, 3.8) is 0 Å². The molecule has 1 heterocycles. The van der Waals surface area contributed by atoms with Crippen LogP contribution in [0.4, 0.5) is 0 Å². The minimum Gasteiger partial charge on any atom is -0.391 e. The van der Waals surface area contributed by atoms with Gasteiger partial charge in [-0.2, -0.15) is 5.26 Å². The first-order chi connectivity index (χ1) is 6.74. The van der Waals surface area contributed by atoms with Gasteiger partial charge in [-0.3, -0.25) is 0 Å². The van der Waals surface area contributed by atoms with Gasteiger partial charge in [0.25, 0.3) is 0 Å². The van der Waals surface area contributed by atoms with Gasteiger partial charge in [0.1, 0.15) is 6.07 Å². The van der Waals surface area contributed by atoms with Gasteiger partial charge in [-0.05, 0) is 23.6 Å². The minimum absolute atomic E-state index is 0.0448. The molecule has 2 rings (SSSR count). The van der Waals surface area contributed by atoms with Gasteiger partial charge in [0.15, 0.2) is 0 Å². The van der Waals surface area contributed by atoms with E-state index < -0.39 is 0 Å². The fraction of sp³-hybridized carbons (Fsp3) is 0.100. The summed E-state index contributed by atoms with van der Waals surface area (Å²) in [5.41, 5.74) is 0.572. The molecule has 0 aliphatic rings. The number of thiophene rings is 1. The van der Waals surface area contributed by atoms with E-state index in [1.165, 1.54) is 11.3 Å². The molecule has 0 atom stereocenters. The molecule has 0 aliphatic carbocycles. The van der Waals surface area contributed by atoms with Gasteiger partial charge in [-0.25, -0.2) is 0 Å². The maximum atomic E-state index is 8.96. The Morgan fingerprint density at radius 2 is 2.21 bits per heavy atom. The van der Waals surface area contributed by atoms with Crippen LogP contribution in [0, 0.1) is 11.3 Å². The first-order valence-electron chi connectivity index (χ1n) is 4.01. The van der Waals surface area contributed by atoms with Crippen LogP contribution in [0.1, 0.15) is 10.4 Å². The minimum atomic E-state index is 0.0448. The van der Waals surface area contributed by atoms with Crippen molar-refractivity contribution in [3.8, 4) is 6.07 Å². The molecule has 0 saturated carbocycles. The zero-order valence-corrected chi connectivity index (χ0v) is 8.90. The Hall–Kier alpha value is -1.02. The normalized spacial score (nSPS) is 10.4. The lowest BCUT2D eigenvalue weighted by molar-refractivity contribution is 0.285. The summed E-state index contributed by atoms with van der Waals surface area (Å²) in [6.45, 7) is 0.0448. The quantitative estimate of drug-likeness (QED) is 0.727. The van der Waals surface area contributed by atoms with Gasteiger partial charge in [0.2, 0.25) is 0 Å². The molecule has 0 fully saturated rings. The SMILES string of the molecule is N#Cc1cc2cc(CO)sc2cc1S. The second kappa shape index (κ2) is 3.62. The highest BCUT2D eigenvalue weighted by atomic mass is 32.1. The highest BCUT2D eigenvalue weighted by Gasteiger charge is 2.05. The van der Waals surface area contributed by atoms with Gasteiger partial charge < -0.3 is 5.11 Å². The first-order valence-corrected chi connectivity index (χ1v) is 5.27. The van der Waals surface area contributed by atoms with Crippen LogP contribution in [0.25, 0.3) is 10.1 Å². The van der Waals surface area contributed by atoms with Crippen LogP contribution in [0.15, 0.2) is 23.1 Å². The maximum absolute atomic E-state index is 8.96. The molecule has 0 aliphatic heterocycles. The van der Waals surface area contributed by atoms with Crippen LogP contribution in [0.3, 0.4) is 0 Å². The first kappa shape index (κ1) is 9.53. The number of benzene rings is 1. The molecule has 0 radical (unpaired) electrons. The van der Waals surface area contributed by atoms with E-state index >= 15 is 0 Å². The summed E-state index contributed by atoms with van der Waals surface area (Å²) in [6, 6.07) is 7.64. The van der Waals surface area contributed by atoms with E-state index in [-0.39, 0.29) is 6.61 Å². The summed E-state index contributed by atoms with van der Waals surface area (Å²) in [6.07, 6.45) is 0. The van der Waals surface area contributed by atoms with Gasteiger partial charge in [-0.1, -0.05) is 0 Å². The second-order valence-electron chi connectivity index (χ2n) is 2.89. The van der Waals surface area contributed by atoms with Crippen LogP contribution in [-0.2, 0) is 6.61 Å². The Labute approximate surface area is 90.8 Å². The maximum Gasteiger partial charge on any atom is 0.100 e. The monoisotopic (exact) mass is 221 g/mol. The molecule has 0 unspecified atom stereocenters. The molecular formula is C10H7NOS2. The molecule has 0 saturated heterocycles. The van der Waals surface area contributed by atoms with Crippen molar-refractivity contribution in [2.24, 2.45) is 0 Å². The predicted octanol–water partition coefficient (Wildman–Crippen LogP) is 2.55. The predicted molar refractivity (Wildman–Crippen MR) is 59.7 cm³/mol. The molecule has 1 aromatic heterocycles. The number of nitriles is 1. The van der Waals surface area contributed by atoms with E-state index in [4.69, 9.17) is 10.4 Å². The summed E-state index contributed by atoms with van der Waals surface area (Å²) in [7, 11) is 0. The Balaban J connectivity index is 2.71. The highest BCUT2D eigenvalue weighted by molar-refractivity contribution is 7.80. The van der Waals surface area contributed by atoms with Crippen molar-refractivity contribution < 1.29 is 5.11 Å². The average molecular weight is 221 g/mol. The Morgan fingerprint density at radius 1 is 1.43 bits per heavy atom. The van der Waals surface area contributed by atoms with Crippen molar-refractivity contribution in [1.82, 2.24) is 0 Å². The van der Waals surface area contributed by atoms with Crippen molar-refractivity contribution in [2.45, 2.75) is 11.5 Å². The van der Waals surface area contributed by atoms with Gasteiger partial charge in [-0.15, -0.1) is 24.0 Å². The number of hydrogen-bond acceptors (Lipinski definition) is 4. The topological polar surface area (TPSA) is 44.0 Å². The zero-order chi connectivity index (χ0) is 10.1. The van der Waals surface area contributed by atoms with Crippen molar-refractivity contribution in [2.75, 3.05) is 0 Å². The lowest BCUT2D eigenvalue weighted by Gasteiger charge is -1.94. The molecule has 0 bridgehead atoms. The third kappa shape index (κ3) is 1.50. The van der Waals surface area contributed by atoms with Gasteiger partial charge in [0.05, 0.1) is 12.2 Å². The number of aliphatic hydroxyl groups excluding tert-OH is 1.